The number of carbonyl (C=O) groups excluding carboxylic acids is 1. The number of aromatic nitrogens is 1. The predicted octanol–water partition coefficient (Wildman–Crippen LogP) is 3.98. The third-order valence-electron chi connectivity index (χ3n) is 7.90. The smallest absolute Gasteiger partial charge is 0.266 e. The SMILES string of the molecule is C[C@H](c1cccc(C(F)F)c1F)N(c1cc(=O)n([C@@H]2C[C@H]2C(F)F)cc1C(N)=O)C1C2CN(C)CC21. The van der Waals surface area contributed by atoms with Crippen molar-refractivity contribution in [3.05, 3.63) is 63.3 Å². The number of pyridine rings is 1. The molecule has 3 fully saturated rings. The van der Waals surface area contributed by atoms with Crippen molar-refractivity contribution in [3.8, 4) is 0 Å². The van der Waals surface area contributed by atoms with Gasteiger partial charge in [0.05, 0.1) is 22.9 Å². The Labute approximate surface area is 204 Å². The molecule has 2 aromatic rings. The number of primary amides is 1. The van der Waals surface area contributed by atoms with Crippen LogP contribution in [-0.4, -0.2) is 48.0 Å². The normalized spacial score (nSPS) is 27.9. The van der Waals surface area contributed by atoms with Crippen molar-refractivity contribution in [1.82, 2.24) is 9.47 Å². The predicted molar refractivity (Wildman–Crippen MR) is 123 cm³/mol. The van der Waals surface area contributed by atoms with Gasteiger partial charge in [-0.15, -0.1) is 0 Å². The lowest BCUT2D eigenvalue weighted by atomic mass is 10.0. The molecule has 0 spiro atoms. The third-order valence-corrected chi connectivity index (χ3v) is 7.90. The van der Waals surface area contributed by atoms with Crippen LogP contribution in [0.2, 0.25) is 0 Å². The molecule has 0 radical (unpaired) electrons. The molecule has 3 aliphatic rings. The summed E-state index contributed by atoms with van der Waals surface area (Å²) < 4.78 is 69.4. The minimum atomic E-state index is -3.01. The largest absolute Gasteiger partial charge is 0.365 e. The number of benzene rings is 1. The van der Waals surface area contributed by atoms with Crippen LogP contribution in [0, 0.1) is 23.6 Å². The highest BCUT2D eigenvalue weighted by Crippen LogP contribution is 2.53. The van der Waals surface area contributed by atoms with Crippen LogP contribution in [0.15, 0.2) is 35.3 Å². The highest BCUT2D eigenvalue weighted by molar-refractivity contribution is 5.98. The van der Waals surface area contributed by atoms with Crippen LogP contribution in [0.5, 0.6) is 0 Å². The summed E-state index contributed by atoms with van der Waals surface area (Å²) in [5, 5.41) is 0. The Bertz CT molecular complexity index is 1240. The number of fused-ring (bicyclic) bond motifs is 1. The molecule has 36 heavy (non-hydrogen) atoms. The maximum Gasteiger partial charge on any atom is 0.266 e. The fourth-order valence-corrected chi connectivity index (χ4v) is 5.95. The summed E-state index contributed by atoms with van der Waals surface area (Å²) in [4.78, 5) is 29.4. The monoisotopic (exact) mass is 510 g/mol. The highest BCUT2D eigenvalue weighted by Gasteiger charge is 2.59. The number of likely N-dealkylation sites (tertiary alicyclic amines) is 1. The Morgan fingerprint density at radius 2 is 1.78 bits per heavy atom. The van der Waals surface area contributed by atoms with E-state index in [-0.39, 0.29) is 41.1 Å². The van der Waals surface area contributed by atoms with Gasteiger partial charge in [0.15, 0.2) is 0 Å². The molecule has 1 aromatic carbocycles. The van der Waals surface area contributed by atoms with E-state index in [9.17, 15) is 27.2 Å². The van der Waals surface area contributed by atoms with Crippen LogP contribution in [-0.2, 0) is 0 Å². The van der Waals surface area contributed by atoms with Gasteiger partial charge < -0.3 is 20.1 Å². The molecular weight excluding hydrogens is 483 g/mol. The third kappa shape index (κ3) is 4.07. The second kappa shape index (κ2) is 8.86. The van der Waals surface area contributed by atoms with Crippen molar-refractivity contribution in [1.29, 1.82) is 0 Å². The molecule has 0 bridgehead atoms. The summed E-state index contributed by atoms with van der Waals surface area (Å²) in [6, 6.07) is 3.24. The van der Waals surface area contributed by atoms with Gasteiger partial charge in [-0.1, -0.05) is 18.2 Å². The van der Waals surface area contributed by atoms with Crippen molar-refractivity contribution in [2.24, 2.45) is 23.5 Å². The highest BCUT2D eigenvalue weighted by atomic mass is 19.3. The Balaban J connectivity index is 1.61. The first-order chi connectivity index (χ1) is 17.0. The number of nitrogens with zero attached hydrogens (tertiary/aromatic N) is 3. The van der Waals surface area contributed by atoms with E-state index in [1.807, 2.05) is 7.05 Å². The van der Waals surface area contributed by atoms with E-state index < -0.39 is 53.7 Å². The molecule has 11 heteroatoms. The first kappa shape index (κ1) is 24.7. The van der Waals surface area contributed by atoms with Gasteiger partial charge in [0.1, 0.15) is 5.82 Å². The Morgan fingerprint density at radius 1 is 1.14 bits per heavy atom. The summed E-state index contributed by atoms with van der Waals surface area (Å²) in [5.74, 6) is -2.54. The maximum atomic E-state index is 15.2. The number of nitrogens with two attached hydrogens (primary N) is 1. The summed E-state index contributed by atoms with van der Waals surface area (Å²) >= 11 is 0. The van der Waals surface area contributed by atoms with Gasteiger partial charge in [0, 0.05) is 48.9 Å². The topological polar surface area (TPSA) is 71.6 Å². The molecule has 6 nitrogen and oxygen atoms in total. The number of amides is 1. The lowest BCUT2D eigenvalue weighted by Gasteiger charge is -2.36. The molecule has 1 aliphatic heterocycles. The van der Waals surface area contributed by atoms with Crippen LogP contribution < -0.4 is 16.2 Å². The van der Waals surface area contributed by atoms with E-state index in [4.69, 9.17) is 5.73 Å². The zero-order valence-electron chi connectivity index (χ0n) is 19.8. The van der Waals surface area contributed by atoms with Gasteiger partial charge in [-0.2, -0.15) is 0 Å². The van der Waals surface area contributed by atoms with Crippen molar-refractivity contribution in [3.63, 3.8) is 0 Å². The van der Waals surface area contributed by atoms with Gasteiger partial charge in [-0.25, -0.2) is 22.0 Å². The van der Waals surface area contributed by atoms with E-state index >= 15 is 4.39 Å². The summed E-state index contributed by atoms with van der Waals surface area (Å²) in [6.07, 6.45) is -4.28. The Hall–Kier alpha value is -2.95. The molecule has 5 atom stereocenters. The molecule has 2 heterocycles. The maximum absolute atomic E-state index is 15.2. The number of carbonyl (C=O) groups is 1. The molecule has 2 saturated carbocycles. The number of piperidine rings is 1. The molecule has 2 aliphatic carbocycles. The van der Waals surface area contributed by atoms with Gasteiger partial charge in [-0.3, -0.25) is 9.59 Å². The molecular formula is C25H27F5N4O2. The molecule has 194 valence electrons. The fraction of sp³-hybridized carbons (Fsp3) is 0.520. The fourth-order valence-electron chi connectivity index (χ4n) is 5.95. The summed E-state index contributed by atoms with van der Waals surface area (Å²) in [7, 11) is 1.97. The lowest BCUT2D eigenvalue weighted by Crippen LogP contribution is -2.38. The van der Waals surface area contributed by atoms with Crippen molar-refractivity contribution in [2.75, 3.05) is 25.0 Å². The zero-order chi connectivity index (χ0) is 26.0. The zero-order valence-corrected chi connectivity index (χ0v) is 19.8. The second-order valence-electron chi connectivity index (χ2n) is 10.2. The van der Waals surface area contributed by atoms with Gasteiger partial charge in [-0.05, 0) is 32.2 Å². The summed E-state index contributed by atoms with van der Waals surface area (Å²) in [6.45, 7) is 3.13. The van der Waals surface area contributed by atoms with E-state index in [1.54, 1.807) is 11.8 Å². The number of halogens is 5. The van der Waals surface area contributed by atoms with Crippen molar-refractivity contribution >= 4 is 11.6 Å². The van der Waals surface area contributed by atoms with Crippen LogP contribution in [0.1, 0.15) is 53.3 Å². The molecule has 1 aromatic heterocycles. The van der Waals surface area contributed by atoms with Crippen LogP contribution in [0.3, 0.4) is 0 Å². The van der Waals surface area contributed by atoms with Gasteiger partial charge >= 0.3 is 0 Å². The second-order valence-corrected chi connectivity index (χ2v) is 10.2. The lowest BCUT2D eigenvalue weighted by molar-refractivity contribution is 0.0999. The standard InChI is InChI=1S/C25H27F5N4O2/c1-11(12-4-3-5-13(21(12)26)23(27)28)34(22-15-8-32(2)9-16(15)22)19-7-20(35)33(10-17(19)25(31)36)18-6-14(18)24(29)30/h3-5,7,10-11,14-16,18,22-24H,6,8-9H2,1-2H3,(H2,31,36)/t11-,14-,15?,16?,18-,22?/m1/s1. The average molecular weight is 511 g/mol. The minimum absolute atomic E-state index is 0.00526. The Morgan fingerprint density at radius 3 is 2.33 bits per heavy atom. The van der Waals surface area contributed by atoms with Gasteiger partial charge in [0.25, 0.3) is 17.9 Å². The first-order valence-corrected chi connectivity index (χ1v) is 11.9. The van der Waals surface area contributed by atoms with Crippen molar-refractivity contribution < 1.29 is 26.7 Å². The van der Waals surface area contributed by atoms with E-state index in [0.29, 0.717) is 0 Å². The first-order valence-electron chi connectivity index (χ1n) is 11.9. The van der Waals surface area contributed by atoms with Crippen LogP contribution in [0.4, 0.5) is 27.6 Å². The molecule has 2 N–H and O–H groups in total. The number of rotatable bonds is 8. The van der Waals surface area contributed by atoms with Crippen LogP contribution in [0.25, 0.3) is 0 Å². The molecule has 1 amide bonds. The molecule has 2 unspecified atom stereocenters. The number of anilines is 1. The summed E-state index contributed by atoms with van der Waals surface area (Å²) in [5.41, 5.74) is 4.47. The average Bonchev–Trinajstić information content (AvgIpc) is 3.69. The quantitative estimate of drug-likeness (QED) is 0.546. The van der Waals surface area contributed by atoms with E-state index in [0.717, 1.165) is 23.7 Å². The minimum Gasteiger partial charge on any atom is -0.365 e. The molecule has 5 rings (SSSR count). The number of hydrogen-bond donors (Lipinski definition) is 1. The van der Waals surface area contributed by atoms with E-state index in [1.165, 1.54) is 24.4 Å². The van der Waals surface area contributed by atoms with E-state index in [2.05, 4.69) is 4.90 Å². The number of alkyl halides is 4. The van der Waals surface area contributed by atoms with Crippen molar-refractivity contribution in [2.45, 2.75) is 44.3 Å². The Kier molecular flexibility index (Phi) is 6.09. The molecule has 1 saturated heterocycles. The van der Waals surface area contributed by atoms with Gasteiger partial charge in [0.2, 0.25) is 6.43 Å². The van der Waals surface area contributed by atoms with Crippen LogP contribution >= 0.6 is 0 Å². The number of hydrogen-bond acceptors (Lipinski definition) is 4.